The largest absolute Gasteiger partial charge is 0.324 e. The second kappa shape index (κ2) is 6.87. The molecular formula is C12H17ClF3N. The second-order valence-electron chi connectivity index (χ2n) is 4.36. The van der Waals surface area contributed by atoms with E-state index in [1.54, 1.807) is 0 Å². The third-order valence-corrected chi connectivity index (χ3v) is 2.47. The Kier molecular flexibility index (Phi) is 6.57. The fourth-order valence-corrected chi connectivity index (χ4v) is 1.56. The van der Waals surface area contributed by atoms with E-state index in [0.717, 1.165) is 6.42 Å². The van der Waals surface area contributed by atoms with Crippen LogP contribution >= 0.6 is 12.4 Å². The smallest absolute Gasteiger partial charge is 0.133 e. The molecule has 0 aliphatic carbocycles. The van der Waals surface area contributed by atoms with Gasteiger partial charge in [0.2, 0.25) is 0 Å². The first kappa shape index (κ1) is 16.3. The van der Waals surface area contributed by atoms with Gasteiger partial charge in [0.1, 0.15) is 17.5 Å². The molecule has 0 aliphatic heterocycles. The molecule has 1 aromatic carbocycles. The summed E-state index contributed by atoms with van der Waals surface area (Å²) >= 11 is 0. The molecule has 2 N–H and O–H groups in total. The maximum Gasteiger partial charge on any atom is 0.133 e. The number of hydrogen-bond acceptors (Lipinski definition) is 1. The highest BCUT2D eigenvalue weighted by Crippen LogP contribution is 2.24. The van der Waals surface area contributed by atoms with Crippen LogP contribution in [0.1, 0.15) is 38.3 Å². The molecule has 0 fully saturated rings. The van der Waals surface area contributed by atoms with Crippen LogP contribution in [0.5, 0.6) is 0 Å². The Morgan fingerprint density at radius 1 is 1.06 bits per heavy atom. The Labute approximate surface area is 106 Å². The van der Waals surface area contributed by atoms with E-state index in [-0.39, 0.29) is 18.0 Å². The Balaban J connectivity index is 0.00000256. The van der Waals surface area contributed by atoms with Crippen molar-refractivity contribution in [2.75, 3.05) is 0 Å². The Bertz CT molecular complexity index is 346. The first-order valence-electron chi connectivity index (χ1n) is 5.31. The molecule has 0 unspecified atom stereocenters. The molecule has 98 valence electrons. The maximum atomic E-state index is 13.3. The topological polar surface area (TPSA) is 26.0 Å². The SMILES string of the molecule is CC(C)CC[C@H](N)c1c(F)cc(F)cc1F.Cl. The van der Waals surface area contributed by atoms with Crippen LogP contribution in [0.2, 0.25) is 0 Å². The number of nitrogens with two attached hydrogens (primary N) is 1. The van der Waals surface area contributed by atoms with Crippen molar-refractivity contribution in [3.05, 3.63) is 35.1 Å². The normalized spacial score (nSPS) is 12.4. The zero-order valence-electron chi connectivity index (χ0n) is 9.84. The fraction of sp³-hybridized carbons (Fsp3) is 0.500. The average molecular weight is 268 g/mol. The van der Waals surface area contributed by atoms with Gasteiger partial charge in [-0.15, -0.1) is 12.4 Å². The molecular weight excluding hydrogens is 251 g/mol. The molecule has 5 heteroatoms. The number of rotatable bonds is 4. The second-order valence-corrected chi connectivity index (χ2v) is 4.36. The lowest BCUT2D eigenvalue weighted by Crippen LogP contribution is -2.15. The van der Waals surface area contributed by atoms with Crippen LogP contribution in [0.25, 0.3) is 0 Å². The van der Waals surface area contributed by atoms with Gasteiger partial charge in [-0.1, -0.05) is 13.8 Å². The fourth-order valence-electron chi connectivity index (χ4n) is 1.56. The predicted molar refractivity (Wildman–Crippen MR) is 64.6 cm³/mol. The third-order valence-electron chi connectivity index (χ3n) is 2.47. The molecule has 0 aliphatic rings. The minimum Gasteiger partial charge on any atom is -0.324 e. The van der Waals surface area contributed by atoms with Gasteiger partial charge in [0.25, 0.3) is 0 Å². The molecule has 17 heavy (non-hydrogen) atoms. The summed E-state index contributed by atoms with van der Waals surface area (Å²) in [6.07, 6.45) is 1.26. The van der Waals surface area contributed by atoms with E-state index in [2.05, 4.69) is 0 Å². The number of benzene rings is 1. The van der Waals surface area contributed by atoms with Crippen LogP contribution in [0.3, 0.4) is 0 Å². The summed E-state index contributed by atoms with van der Waals surface area (Å²) < 4.78 is 39.3. The van der Waals surface area contributed by atoms with Gasteiger partial charge in [-0.05, 0) is 18.8 Å². The van der Waals surface area contributed by atoms with Crippen LogP contribution in [0, 0.1) is 23.4 Å². The predicted octanol–water partition coefficient (Wildman–Crippen LogP) is 3.96. The van der Waals surface area contributed by atoms with Crippen molar-refractivity contribution in [3.63, 3.8) is 0 Å². The van der Waals surface area contributed by atoms with Gasteiger partial charge in [0.15, 0.2) is 0 Å². The summed E-state index contributed by atoms with van der Waals surface area (Å²) in [5.74, 6) is -2.32. The summed E-state index contributed by atoms with van der Waals surface area (Å²) in [6, 6.07) is 0.601. The van der Waals surface area contributed by atoms with Gasteiger partial charge in [-0.3, -0.25) is 0 Å². The third kappa shape index (κ3) is 4.56. The van der Waals surface area contributed by atoms with Crippen molar-refractivity contribution >= 4 is 12.4 Å². The minimum absolute atomic E-state index is 0. The lowest BCUT2D eigenvalue weighted by Gasteiger charge is -2.15. The van der Waals surface area contributed by atoms with Crippen molar-refractivity contribution in [1.82, 2.24) is 0 Å². The summed E-state index contributed by atoms with van der Waals surface area (Å²) in [4.78, 5) is 0. The van der Waals surface area contributed by atoms with E-state index >= 15 is 0 Å². The van der Waals surface area contributed by atoms with E-state index in [1.165, 1.54) is 0 Å². The van der Waals surface area contributed by atoms with Crippen molar-refractivity contribution in [3.8, 4) is 0 Å². The molecule has 0 heterocycles. The van der Waals surface area contributed by atoms with Gasteiger partial charge < -0.3 is 5.73 Å². The first-order valence-corrected chi connectivity index (χ1v) is 5.31. The summed E-state index contributed by atoms with van der Waals surface area (Å²) in [6.45, 7) is 4.01. The molecule has 0 radical (unpaired) electrons. The molecule has 0 amide bonds. The molecule has 0 saturated carbocycles. The minimum atomic E-state index is -0.921. The molecule has 1 rings (SSSR count). The van der Waals surface area contributed by atoms with Gasteiger partial charge in [0, 0.05) is 23.7 Å². The van der Waals surface area contributed by atoms with Crippen LogP contribution in [-0.4, -0.2) is 0 Å². The Morgan fingerprint density at radius 3 is 1.94 bits per heavy atom. The highest BCUT2D eigenvalue weighted by Gasteiger charge is 2.18. The maximum absolute atomic E-state index is 13.3. The Morgan fingerprint density at radius 2 is 1.53 bits per heavy atom. The molecule has 0 bridgehead atoms. The molecule has 0 saturated heterocycles. The average Bonchev–Trinajstić information content (AvgIpc) is 2.12. The summed E-state index contributed by atoms with van der Waals surface area (Å²) in [5.41, 5.74) is 5.47. The van der Waals surface area contributed by atoms with Crippen LogP contribution < -0.4 is 5.73 Å². The molecule has 1 aromatic rings. The number of halogens is 4. The van der Waals surface area contributed by atoms with Crippen LogP contribution in [0.4, 0.5) is 13.2 Å². The van der Waals surface area contributed by atoms with Gasteiger partial charge >= 0.3 is 0 Å². The Hall–Kier alpha value is -0.740. The molecule has 1 nitrogen and oxygen atoms in total. The van der Waals surface area contributed by atoms with Gasteiger partial charge in [-0.25, -0.2) is 13.2 Å². The standard InChI is InChI=1S/C12H16F3N.ClH/c1-7(2)3-4-11(16)12-9(14)5-8(13)6-10(12)15;/h5-7,11H,3-4,16H2,1-2H3;1H/t11-;/m0./s1. The van der Waals surface area contributed by atoms with E-state index in [4.69, 9.17) is 5.73 Å². The van der Waals surface area contributed by atoms with E-state index in [9.17, 15) is 13.2 Å². The lowest BCUT2D eigenvalue weighted by atomic mass is 9.97. The van der Waals surface area contributed by atoms with Crippen molar-refractivity contribution in [2.24, 2.45) is 11.7 Å². The lowest BCUT2D eigenvalue weighted by molar-refractivity contribution is 0.460. The molecule has 0 aromatic heterocycles. The van der Waals surface area contributed by atoms with Crippen LogP contribution in [0.15, 0.2) is 12.1 Å². The zero-order valence-corrected chi connectivity index (χ0v) is 10.7. The highest BCUT2D eigenvalue weighted by molar-refractivity contribution is 5.85. The van der Waals surface area contributed by atoms with Crippen molar-refractivity contribution in [1.29, 1.82) is 0 Å². The van der Waals surface area contributed by atoms with Crippen LogP contribution in [-0.2, 0) is 0 Å². The summed E-state index contributed by atoms with van der Waals surface area (Å²) in [7, 11) is 0. The quantitative estimate of drug-likeness (QED) is 0.878. The van der Waals surface area contributed by atoms with Crippen molar-refractivity contribution in [2.45, 2.75) is 32.7 Å². The van der Waals surface area contributed by atoms with E-state index in [0.29, 0.717) is 24.5 Å². The van der Waals surface area contributed by atoms with E-state index < -0.39 is 23.5 Å². The van der Waals surface area contributed by atoms with E-state index in [1.807, 2.05) is 13.8 Å². The molecule has 1 atom stereocenters. The monoisotopic (exact) mass is 267 g/mol. The molecule has 0 spiro atoms. The zero-order chi connectivity index (χ0) is 12.3. The summed E-state index contributed by atoms with van der Waals surface area (Å²) in [5, 5.41) is 0. The van der Waals surface area contributed by atoms with Gasteiger partial charge in [-0.2, -0.15) is 0 Å². The first-order chi connectivity index (χ1) is 7.41. The number of hydrogen-bond donors (Lipinski definition) is 1. The van der Waals surface area contributed by atoms with Crippen molar-refractivity contribution < 1.29 is 13.2 Å². The highest BCUT2D eigenvalue weighted by atomic mass is 35.5. The van der Waals surface area contributed by atoms with Gasteiger partial charge in [0.05, 0.1) is 0 Å².